The van der Waals surface area contributed by atoms with Crippen molar-refractivity contribution in [3.63, 3.8) is 0 Å². The molecule has 0 saturated heterocycles. The van der Waals surface area contributed by atoms with Gasteiger partial charge in [-0.1, -0.05) is 19.8 Å². The summed E-state index contributed by atoms with van der Waals surface area (Å²) in [6, 6.07) is 1.61. The Bertz CT molecular complexity index is 387. The monoisotopic (exact) mass is 236 g/mol. The number of nitrogens with one attached hydrogen (secondary N) is 1. The molecule has 2 rings (SSSR count). The third-order valence-corrected chi connectivity index (χ3v) is 3.51. The molecule has 17 heavy (non-hydrogen) atoms. The normalized spacial score (nSPS) is 24.5. The van der Waals surface area contributed by atoms with E-state index in [-0.39, 0.29) is 12.1 Å². The van der Waals surface area contributed by atoms with Crippen molar-refractivity contribution in [3.8, 4) is 0 Å². The molecule has 2 atom stereocenters. The molecule has 0 amide bonds. The molecule has 1 saturated carbocycles. The van der Waals surface area contributed by atoms with Crippen LogP contribution >= 0.6 is 0 Å². The average molecular weight is 236 g/mol. The maximum Gasteiger partial charge on any atom is 0.355 e. The largest absolute Gasteiger partial charge is 0.458 e. The molecule has 3 N–H and O–H groups in total. The fraction of sp³-hybridized carbons (Fsp3) is 0.615. The zero-order valence-corrected chi connectivity index (χ0v) is 10.2. The first-order valence-electron chi connectivity index (χ1n) is 6.34. The van der Waals surface area contributed by atoms with Crippen molar-refractivity contribution in [1.82, 2.24) is 4.98 Å². The summed E-state index contributed by atoms with van der Waals surface area (Å²) in [5.74, 6) is 0.415. The molecule has 0 aromatic carbocycles. The first-order valence-corrected chi connectivity index (χ1v) is 6.34. The summed E-state index contributed by atoms with van der Waals surface area (Å²) in [7, 11) is 0. The van der Waals surface area contributed by atoms with Gasteiger partial charge in [-0.3, -0.25) is 0 Å². The second kappa shape index (κ2) is 5.25. The maximum absolute atomic E-state index is 11.8. The fourth-order valence-electron chi connectivity index (χ4n) is 2.46. The molecule has 1 fully saturated rings. The van der Waals surface area contributed by atoms with Gasteiger partial charge in [0.2, 0.25) is 0 Å². The zero-order valence-electron chi connectivity index (χ0n) is 10.2. The summed E-state index contributed by atoms with van der Waals surface area (Å²) in [6.45, 7) is 2.19. The number of carbonyl (C=O) groups is 1. The number of hydrogen-bond donors (Lipinski definition) is 2. The number of nitrogens with two attached hydrogens (primary N) is 1. The van der Waals surface area contributed by atoms with Crippen LogP contribution in [0.3, 0.4) is 0 Å². The highest BCUT2D eigenvalue weighted by molar-refractivity contribution is 5.88. The minimum atomic E-state index is -0.288. The minimum Gasteiger partial charge on any atom is -0.458 e. The van der Waals surface area contributed by atoms with E-state index < -0.39 is 0 Å². The van der Waals surface area contributed by atoms with Gasteiger partial charge in [0.15, 0.2) is 0 Å². The number of aromatic nitrogens is 1. The number of H-pyrrole nitrogens is 1. The van der Waals surface area contributed by atoms with Gasteiger partial charge >= 0.3 is 5.97 Å². The molecule has 0 spiro atoms. The molecular formula is C13H20N2O2. The predicted molar refractivity (Wildman–Crippen MR) is 66.7 cm³/mol. The van der Waals surface area contributed by atoms with Crippen molar-refractivity contribution >= 4 is 11.7 Å². The minimum absolute atomic E-state index is 0.0747. The summed E-state index contributed by atoms with van der Waals surface area (Å²) in [4.78, 5) is 14.6. The second-order valence-corrected chi connectivity index (χ2v) is 4.81. The van der Waals surface area contributed by atoms with Crippen LogP contribution in [-0.2, 0) is 4.74 Å². The summed E-state index contributed by atoms with van der Waals surface area (Å²) < 4.78 is 5.50. The highest BCUT2D eigenvalue weighted by atomic mass is 16.5. The molecule has 1 heterocycles. The molecule has 1 aromatic rings. The molecule has 4 heteroatoms. The SMILES string of the molecule is CCC1CCCC(OC(=O)c2cc(N)c[nH]2)C1. The maximum atomic E-state index is 11.8. The van der Waals surface area contributed by atoms with Crippen LogP contribution in [0.4, 0.5) is 5.69 Å². The van der Waals surface area contributed by atoms with Crippen LogP contribution in [-0.4, -0.2) is 17.1 Å². The fourth-order valence-corrected chi connectivity index (χ4v) is 2.46. The number of hydrogen-bond acceptors (Lipinski definition) is 3. The van der Waals surface area contributed by atoms with E-state index in [2.05, 4.69) is 11.9 Å². The number of aromatic amines is 1. The molecule has 2 unspecified atom stereocenters. The van der Waals surface area contributed by atoms with Crippen molar-refractivity contribution < 1.29 is 9.53 Å². The van der Waals surface area contributed by atoms with Gasteiger partial charge in [0.1, 0.15) is 11.8 Å². The van der Waals surface area contributed by atoms with E-state index in [1.165, 1.54) is 12.8 Å². The first kappa shape index (κ1) is 12.0. The van der Waals surface area contributed by atoms with Gasteiger partial charge in [-0.05, 0) is 31.2 Å². The Balaban J connectivity index is 1.90. The molecule has 4 nitrogen and oxygen atoms in total. The number of ether oxygens (including phenoxy) is 1. The van der Waals surface area contributed by atoms with Gasteiger partial charge in [-0.15, -0.1) is 0 Å². The lowest BCUT2D eigenvalue weighted by Gasteiger charge is -2.27. The van der Waals surface area contributed by atoms with Crippen LogP contribution in [0.5, 0.6) is 0 Å². The van der Waals surface area contributed by atoms with Gasteiger partial charge in [0, 0.05) is 6.20 Å². The number of anilines is 1. The topological polar surface area (TPSA) is 68.1 Å². The third kappa shape index (κ3) is 3.02. The highest BCUT2D eigenvalue weighted by Crippen LogP contribution is 2.28. The van der Waals surface area contributed by atoms with Crippen molar-refractivity contribution in [1.29, 1.82) is 0 Å². The average Bonchev–Trinajstić information content (AvgIpc) is 2.76. The number of rotatable bonds is 3. The van der Waals surface area contributed by atoms with Crippen molar-refractivity contribution in [2.45, 2.75) is 45.1 Å². The van der Waals surface area contributed by atoms with E-state index in [9.17, 15) is 4.79 Å². The second-order valence-electron chi connectivity index (χ2n) is 4.81. The van der Waals surface area contributed by atoms with E-state index in [1.54, 1.807) is 12.3 Å². The van der Waals surface area contributed by atoms with Crippen molar-refractivity contribution in [2.75, 3.05) is 5.73 Å². The van der Waals surface area contributed by atoms with Crippen LogP contribution in [0.15, 0.2) is 12.3 Å². The molecule has 94 valence electrons. The van der Waals surface area contributed by atoms with Crippen LogP contribution < -0.4 is 5.73 Å². The van der Waals surface area contributed by atoms with Gasteiger partial charge in [0.25, 0.3) is 0 Å². The van der Waals surface area contributed by atoms with E-state index >= 15 is 0 Å². The van der Waals surface area contributed by atoms with Gasteiger partial charge in [0.05, 0.1) is 5.69 Å². The molecular weight excluding hydrogens is 216 g/mol. The third-order valence-electron chi connectivity index (χ3n) is 3.51. The van der Waals surface area contributed by atoms with E-state index in [0.717, 1.165) is 19.3 Å². The van der Waals surface area contributed by atoms with Crippen LogP contribution in [0.2, 0.25) is 0 Å². The lowest BCUT2D eigenvalue weighted by molar-refractivity contribution is 0.0134. The molecule has 0 radical (unpaired) electrons. The lowest BCUT2D eigenvalue weighted by Crippen LogP contribution is -2.25. The van der Waals surface area contributed by atoms with Gasteiger partial charge in [-0.25, -0.2) is 4.79 Å². The molecule has 1 aromatic heterocycles. The van der Waals surface area contributed by atoms with Crippen LogP contribution in [0, 0.1) is 5.92 Å². The Morgan fingerprint density at radius 2 is 2.41 bits per heavy atom. The highest BCUT2D eigenvalue weighted by Gasteiger charge is 2.24. The van der Waals surface area contributed by atoms with E-state index in [0.29, 0.717) is 17.3 Å². The molecule has 0 aliphatic heterocycles. The van der Waals surface area contributed by atoms with Gasteiger partial charge in [-0.2, -0.15) is 0 Å². The Labute approximate surface area is 102 Å². The summed E-state index contributed by atoms with van der Waals surface area (Å²) in [5.41, 5.74) is 6.56. The van der Waals surface area contributed by atoms with Crippen LogP contribution in [0.1, 0.15) is 49.5 Å². The summed E-state index contributed by atoms with van der Waals surface area (Å²) in [6.07, 6.45) is 7.25. The van der Waals surface area contributed by atoms with E-state index in [4.69, 9.17) is 10.5 Å². The zero-order chi connectivity index (χ0) is 12.3. The van der Waals surface area contributed by atoms with Crippen molar-refractivity contribution in [3.05, 3.63) is 18.0 Å². The number of carbonyl (C=O) groups excluding carboxylic acids is 1. The standard InChI is InChI=1S/C13H20N2O2/c1-2-9-4-3-5-11(6-9)17-13(16)12-7-10(14)8-15-12/h7-9,11,15H,2-6,14H2,1H3. The molecule has 1 aliphatic carbocycles. The number of nitrogen functional groups attached to an aromatic ring is 1. The summed E-state index contributed by atoms with van der Waals surface area (Å²) >= 11 is 0. The predicted octanol–water partition coefficient (Wildman–Crippen LogP) is 2.72. The Morgan fingerprint density at radius 1 is 1.59 bits per heavy atom. The summed E-state index contributed by atoms with van der Waals surface area (Å²) in [5, 5.41) is 0. The quantitative estimate of drug-likeness (QED) is 0.793. The smallest absolute Gasteiger partial charge is 0.355 e. The van der Waals surface area contributed by atoms with Gasteiger partial charge < -0.3 is 15.5 Å². The van der Waals surface area contributed by atoms with Crippen LogP contribution in [0.25, 0.3) is 0 Å². The van der Waals surface area contributed by atoms with E-state index in [1.807, 2.05) is 0 Å². The Morgan fingerprint density at radius 3 is 3.06 bits per heavy atom. The molecule has 0 bridgehead atoms. The first-order chi connectivity index (χ1) is 8.19. The Kier molecular flexibility index (Phi) is 3.71. The van der Waals surface area contributed by atoms with Crippen molar-refractivity contribution in [2.24, 2.45) is 5.92 Å². The number of esters is 1. The Hall–Kier alpha value is -1.45. The molecule has 1 aliphatic rings. The lowest BCUT2D eigenvalue weighted by atomic mass is 9.85.